The van der Waals surface area contributed by atoms with Crippen LogP contribution in [-0.2, 0) is 11.3 Å². The van der Waals surface area contributed by atoms with Gasteiger partial charge in [0.2, 0.25) is 0 Å². The van der Waals surface area contributed by atoms with E-state index in [0.29, 0.717) is 13.1 Å². The number of pyridine rings is 1. The van der Waals surface area contributed by atoms with Crippen LogP contribution in [0.4, 0.5) is 0 Å². The monoisotopic (exact) mass is 290 g/mol. The molecule has 1 saturated heterocycles. The van der Waals surface area contributed by atoms with Gasteiger partial charge in [0.15, 0.2) is 0 Å². The normalized spacial score (nSPS) is 25.7. The van der Waals surface area contributed by atoms with Crippen LogP contribution in [0.5, 0.6) is 0 Å². The zero-order valence-electron chi connectivity index (χ0n) is 11.2. The number of nitrogens with one attached hydrogen (secondary N) is 1. The summed E-state index contributed by atoms with van der Waals surface area (Å²) in [6.45, 7) is 2.90. The minimum absolute atomic E-state index is 0.0808. The van der Waals surface area contributed by atoms with Crippen molar-refractivity contribution in [3.63, 3.8) is 0 Å². The van der Waals surface area contributed by atoms with E-state index in [1.807, 2.05) is 37.3 Å². The third-order valence-corrected chi connectivity index (χ3v) is 4.31. The van der Waals surface area contributed by atoms with E-state index in [9.17, 15) is 8.76 Å². The second kappa shape index (κ2) is 5.57. The van der Waals surface area contributed by atoms with Gasteiger partial charge < -0.3 is 9.87 Å². The van der Waals surface area contributed by atoms with Gasteiger partial charge >= 0.3 is 0 Å². The van der Waals surface area contributed by atoms with Gasteiger partial charge in [0.1, 0.15) is 0 Å². The molecular weight excluding hydrogens is 274 g/mol. The van der Waals surface area contributed by atoms with Gasteiger partial charge in [-0.2, -0.15) is 0 Å². The molecule has 0 aliphatic carbocycles. The number of piperazine rings is 1. The molecule has 0 bridgehead atoms. The van der Waals surface area contributed by atoms with Crippen molar-refractivity contribution < 1.29 is 8.76 Å². The summed E-state index contributed by atoms with van der Waals surface area (Å²) in [5.74, 6) is 0. The number of hydrogen-bond donors (Lipinski definition) is 1. The topological polar surface area (TPSA) is 68.3 Å². The first kappa shape index (κ1) is 13.6. The smallest absolute Gasteiger partial charge is 0.0664 e. The van der Waals surface area contributed by atoms with Crippen LogP contribution in [-0.4, -0.2) is 37.2 Å². The third-order valence-electron chi connectivity index (χ3n) is 3.59. The molecule has 0 radical (unpaired) electrons. The lowest BCUT2D eigenvalue weighted by Gasteiger charge is -2.38. The Kier molecular flexibility index (Phi) is 3.80. The fourth-order valence-corrected chi connectivity index (χ4v) is 3.36. The van der Waals surface area contributed by atoms with Crippen LogP contribution in [0.1, 0.15) is 18.7 Å². The molecule has 106 valence electrons. The van der Waals surface area contributed by atoms with Gasteiger partial charge in [0.25, 0.3) is 0 Å². The molecule has 3 rings (SSSR count). The SMILES string of the molecule is C[C@@H]1CN(S(=O)[O-])C[C@H](c2nccc3ccccc23)N1. The highest BCUT2D eigenvalue weighted by Gasteiger charge is 2.27. The summed E-state index contributed by atoms with van der Waals surface area (Å²) >= 11 is -2.19. The van der Waals surface area contributed by atoms with Crippen LogP contribution in [0.15, 0.2) is 36.5 Å². The molecule has 3 atom stereocenters. The summed E-state index contributed by atoms with van der Waals surface area (Å²) in [6.07, 6.45) is 1.77. The van der Waals surface area contributed by atoms with Gasteiger partial charge in [0, 0.05) is 42.0 Å². The highest BCUT2D eigenvalue weighted by molar-refractivity contribution is 7.76. The van der Waals surface area contributed by atoms with E-state index in [1.165, 1.54) is 4.31 Å². The first-order chi connectivity index (χ1) is 9.65. The first-order valence-electron chi connectivity index (χ1n) is 6.59. The quantitative estimate of drug-likeness (QED) is 0.848. The average Bonchev–Trinajstić information content (AvgIpc) is 2.46. The highest BCUT2D eigenvalue weighted by atomic mass is 32.2. The molecule has 5 nitrogen and oxygen atoms in total. The van der Waals surface area contributed by atoms with Crippen LogP contribution in [0.25, 0.3) is 10.8 Å². The van der Waals surface area contributed by atoms with Crippen molar-refractivity contribution >= 4 is 22.0 Å². The Labute approximate surface area is 120 Å². The predicted molar refractivity (Wildman–Crippen MR) is 77.6 cm³/mol. The van der Waals surface area contributed by atoms with E-state index in [0.717, 1.165) is 16.5 Å². The van der Waals surface area contributed by atoms with E-state index < -0.39 is 11.3 Å². The molecule has 0 amide bonds. The summed E-state index contributed by atoms with van der Waals surface area (Å²) in [7, 11) is 0. The maximum atomic E-state index is 11.2. The summed E-state index contributed by atoms with van der Waals surface area (Å²) in [4.78, 5) is 4.47. The van der Waals surface area contributed by atoms with Gasteiger partial charge in [0.05, 0.1) is 11.7 Å². The zero-order chi connectivity index (χ0) is 14.1. The largest absolute Gasteiger partial charge is 0.760 e. The number of hydrogen-bond acceptors (Lipinski definition) is 4. The summed E-state index contributed by atoms with van der Waals surface area (Å²) < 4.78 is 23.9. The lowest BCUT2D eigenvalue weighted by molar-refractivity contribution is 0.247. The summed E-state index contributed by atoms with van der Waals surface area (Å²) in [6, 6.07) is 10.0. The van der Waals surface area contributed by atoms with Crippen LogP contribution in [0.2, 0.25) is 0 Å². The molecule has 0 saturated carbocycles. The Morgan fingerprint density at radius 1 is 1.35 bits per heavy atom. The molecule has 1 unspecified atom stereocenters. The van der Waals surface area contributed by atoms with Crippen molar-refractivity contribution in [2.75, 3.05) is 13.1 Å². The Balaban J connectivity index is 1.99. The molecule has 20 heavy (non-hydrogen) atoms. The van der Waals surface area contributed by atoms with E-state index in [1.54, 1.807) is 6.20 Å². The van der Waals surface area contributed by atoms with Crippen molar-refractivity contribution in [1.82, 2.24) is 14.6 Å². The minimum Gasteiger partial charge on any atom is -0.760 e. The fraction of sp³-hybridized carbons (Fsp3) is 0.357. The van der Waals surface area contributed by atoms with Gasteiger partial charge in [-0.15, -0.1) is 0 Å². The molecule has 1 N–H and O–H groups in total. The zero-order valence-corrected chi connectivity index (χ0v) is 12.0. The standard InChI is InChI=1S/C14H17N3O2S/c1-10-8-17(20(18)19)9-13(16-10)14-12-5-3-2-4-11(12)6-7-15-14/h2-7,10,13,16H,8-9H2,1H3,(H,18,19)/p-1/t10-,13-/m1/s1. The summed E-state index contributed by atoms with van der Waals surface area (Å²) in [5.41, 5.74) is 0.908. The second-order valence-electron chi connectivity index (χ2n) is 5.10. The van der Waals surface area contributed by atoms with Crippen LogP contribution >= 0.6 is 0 Å². The number of benzene rings is 1. The molecule has 1 aliphatic heterocycles. The fourth-order valence-electron chi connectivity index (χ4n) is 2.74. The Bertz CT molecular complexity index is 644. The van der Waals surface area contributed by atoms with Crippen molar-refractivity contribution in [2.24, 2.45) is 0 Å². The van der Waals surface area contributed by atoms with Crippen LogP contribution < -0.4 is 5.32 Å². The molecule has 6 heteroatoms. The number of aromatic nitrogens is 1. The molecule has 2 aromatic rings. The van der Waals surface area contributed by atoms with E-state index in [2.05, 4.69) is 10.3 Å². The Morgan fingerprint density at radius 3 is 2.95 bits per heavy atom. The molecule has 1 fully saturated rings. The number of nitrogens with zero attached hydrogens (tertiary/aromatic N) is 2. The molecule has 1 aliphatic rings. The van der Waals surface area contributed by atoms with Gasteiger partial charge in [-0.25, -0.2) is 4.31 Å². The lowest BCUT2D eigenvalue weighted by atomic mass is 10.0. The molecule has 1 aromatic heterocycles. The average molecular weight is 290 g/mol. The van der Waals surface area contributed by atoms with E-state index in [-0.39, 0.29) is 12.1 Å². The number of fused-ring (bicyclic) bond motifs is 1. The maximum absolute atomic E-state index is 11.2. The maximum Gasteiger partial charge on any atom is 0.0664 e. The van der Waals surface area contributed by atoms with Crippen LogP contribution in [0, 0.1) is 0 Å². The van der Waals surface area contributed by atoms with Crippen molar-refractivity contribution in [3.05, 3.63) is 42.2 Å². The van der Waals surface area contributed by atoms with Gasteiger partial charge in [-0.3, -0.25) is 9.19 Å². The van der Waals surface area contributed by atoms with Crippen molar-refractivity contribution in [3.8, 4) is 0 Å². The molecule has 0 spiro atoms. The molecule has 1 aromatic carbocycles. The second-order valence-corrected chi connectivity index (χ2v) is 6.05. The number of rotatable bonds is 2. The van der Waals surface area contributed by atoms with Gasteiger partial charge in [-0.05, 0) is 18.4 Å². The highest BCUT2D eigenvalue weighted by Crippen LogP contribution is 2.25. The van der Waals surface area contributed by atoms with Gasteiger partial charge in [-0.1, -0.05) is 24.3 Å². The van der Waals surface area contributed by atoms with Crippen LogP contribution in [0.3, 0.4) is 0 Å². The molecular formula is C14H16N3O2S-. The predicted octanol–water partition coefficient (Wildman–Crippen LogP) is 1.36. The first-order valence-corrected chi connectivity index (χ1v) is 7.62. The minimum atomic E-state index is -2.19. The Hall–Kier alpha value is -1.34. The van der Waals surface area contributed by atoms with Crippen molar-refractivity contribution in [2.45, 2.75) is 19.0 Å². The third kappa shape index (κ3) is 2.60. The van der Waals surface area contributed by atoms with E-state index in [4.69, 9.17) is 0 Å². The summed E-state index contributed by atoms with van der Waals surface area (Å²) in [5, 5.41) is 5.62. The van der Waals surface area contributed by atoms with Crippen molar-refractivity contribution in [1.29, 1.82) is 0 Å². The lowest BCUT2D eigenvalue weighted by Crippen LogP contribution is -2.51. The molecule has 2 heterocycles. The Morgan fingerprint density at radius 2 is 2.15 bits per heavy atom. The van der Waals surface area contributed by atoms with E-state index >= 15 is 0 Å².